The molecule has 0 aromatic heterocycles. The molecule has 1 amide bonds. The third-order valence-corrected chi connectivity index (χ3v) is 3.24. The van der Waals surface area contributed by atoms with Crippen molar-refractivity contribution in [1.29, 1.82) is 0 Å². The number of alkyl halides is 3. The number of halogens is 3. The number of carboxylic acids is 1. The van der Waals surface area contributed by atoms with Gasteiger partial charge in [-0.15, -0.1) is 0 Å². The zero-order valence-electron chi connectivity index (χ0n) is 10.5. The number of ether oxygens (including phenoxy) is 1. The van der Waals surface area contributed by atoms with E-state index in [4.69, 9.17) is 9.84 Å². The van der Waals surface area contributed by atoms with Gasteiger partial charge >= 0.3 is 12.1 Å². The minimum Gasteiger partial charge on any atom is -0.481 e. The van der Waals surface area contributed by atoms with E-state index in [1.165, 1.54) is 0 Å². The maximum Gasteiger partial charge on any atom is 0.406 e. The summed E-state index contributed by atoms with van der Waals surface area (Å²) in [5.41, 5.74) is -2.84. The molecule has 1 unspecified atom stereocenters. The Morgan fingerprint density at radius 3 is 2.47 bits per heavy atom. The molecule has 0 saturated carbocycles. The monoisotopic (exact) mass is 283 g/mol. The Labute approximate surface area is 108 Å². The summed E-state index contributed by atoms with van der Waals surface area (Å²) in [6, 6.07) is 0. The summed E-state index contributed by atoms with van der Waals surface area (Å²) in [5.74, 6) is -2.44. The maximum atomic E-state index is 12.9. The Bertz CT molecular complexity index is 358. The van der Waals surface area contributed by atoms with E-state index in [0.29, 0.717) is 6.61 Å². The molecule has 8 heteroatoms. The van der Waals surface area contributed by atoms with Gasteiger partial charge < -0.3 is 14.7 Å². The fraction of sp³-hybridized carbons (Fsp3) is 0.818. The van der Waals surface area contributed by atoms with Gasteiger partial charge in [0, 0.05) is 19.7 Å². The van der Waals surface area contributed by atoms with Crippen LogP contribution >= 0.6 is 0 Å². The quantitative estimate of drug-likeness (QED) is 0.772. The lowest BCUT2D eigenvalue weighted by Crippen LogP contribution is -2.47. The van der Waals surface area contributed by atoms with Crippen molar-refractivity contribution in [3.05, 3.63) is 0 Å². The average Bonchev–Trinajstić information content (AvgIpc) is 2.74. The summed E-state index contributed by atoms with van der Waals surface area (Å²) in [7, 11) is 0. The van der Waals surface area contributed by atoms with Crippen LogP contribution in [-0.4, -0.2) is 54.4 Å². The summed E-state index contributed by atoms with van der Waals surface area (Å²) in [6.45, 7) is 1.25. The van der Waals surface area contributed by atoms with Gasteiger partial charge in [0.15, 0.2) is 5.41 Å². The second-order valence-electron chi connectivity index (χ2n) is 4.40. The molecular formula is C11H16F3NO4. The number of hydrogen-bond donors (Lipinski definition) is 1. The highest BCUT2D eigenvalue weighted by molar-refractivity contribution is 5.81. The van der Waals surface area contributed by atoms with Crippen LogP contribution in [0.15, 0.2) is 0 Å². The van der Waals surface area contributed by atoms with Gasteiger partial charge in [0.1, 0.15) is 0 Å². The second kappa shape index (κ2) is 5.77. The van der Waals surface area contributed by atoms with Crippen LogP contribution < -0.4 is 0 Å². The van der Waals surface area contributed by atoms with Crippen molar-refractivity contribution in [3.8, 4) is 0 Å². The summed E-state index contributed by atoms with van der Waals surface area (Å²) in [5, 5.41) is 8.83. The first-order valence-electron chi connectivity index (χ1n) is 5.90. The molecule has 0 bridgehead atoms. The van der Waals surface area contributed by atoms with Gasteiger partial charge in [-0.05, 0) is 13.3 Å². The number of hydrogen-bond acceptors (Lipinski definition) is 3. The van der Waals surface area contributed by atoms with Crippen molar-refractivity contribution in [1.82, 2.24) is 4.90 Å². The van der Waals surface area contributed by atoms with Crippen molar-refractivity contribution in [3.63, 3.8) is 0 Å². The van der Waals surface area contributed by atoms with Crippen molar-refractivity contribution < 1.29 is 32.6 Å². The number of amides is 1. The Kier molecular flexibility index (Phi) is 4.78. The molecule has 1 aliphatic heterocycles. The molecule has 19 heavy (non-hydrogen) atoms. The van der Waals surface area contributed by atoms with Gasteiger partial charge in [0.2, 0.25) is 5.91 Å². The highest BCUT2D eigenvalue weighted by Gasteiger charge is 2.64. The van der Waals surface area contributed by atoms with Crippen LogP contribution in [0, 0.1) is 5.41 Å². The Morgan fingerprint density at radius 2 is 2.05 bits per heavy atom. The molecule has 110 valence electrons. The number of carboxylic acid groups (broad SMARTS) is 1. The van der Waals surface area contributed by atoms with Crippen LogP contribution in [0.25, 0.3) is 0 Å². The predicted molar refractivity (Wildman–Crippen MR) is 58.4 cm³/mol. The first-order chi connectivity index (χ1) is 8.74. The number of carbonyl (C=O) groups is 2. The first-order valence-corrected chi connectivity index (χ1v) is 5.90. The molecule has 1 heterocycles. The minimum absolute atomic E-state index is 0.0403. The smallest absolute Gasteiger partial charge is 0.406 e. The molecule has 1 fully saturated rings. The fourth-order valence-corrected chi connectivity index (χ4v) is 2.01. The van der Waals surface area contributed by atoms with E-state index >= 15 is 0 Å². The van der Waals surface area contributed by atoms with Crippen LogP contribution in [0.4, 0.5) is 13.2 Å². The molecule has 0 aromatic rings. The lowest BCUT2D eigenvalue weighted by molar-refractivity contribution is -0.227. The molecule has 0 radical (unpaired) electrons. The van der Waals surface area contributed by atoms with Crippen LogP contribution in [0.3, 0.4) is 0 Å². The number of likely N-dealkylation sites (tertiary alicyclic amines) is 1. The lowest BCUT2D eigenvalue weighted by atomic mass is 9.86. The number of rotatable bonds is 5. The van der Waals surface area contributed by atoms with E-state index in [1.54, 1.807) is 6.92 Å². The number of nitrogens with zero attached hydrogens (tertiary/aromatic N) is 1. The third kappa shape index (κ3) is 3.17. The Morgan fingerprint density at radius 1 is 1.42 bits per heavy atom. The van der Waals surface area contributed by atoms with Crippen molar-refractivity contribution in [2.24, 2.45) is 5.41 Å². The SMILES string of the molecule is CCOCCC(=O)N1CCC(C(=O)O)(C(F)(F)F)C1. The summed E-state index contributed by atoms with van der Waals surface area (Å²) in [6.07, 6.45) is -5.51. The standard InChI is InChI=1S/C11H16F3NO4/c1-2-19-6-3-8(16)15-5-4-10(7-15,9(17)18)11(12,13)14/h2-7H2,1H3,(H,17,18). The molecule has 0 aliphatic carbocycles. The van der Waals surface area contributed by atoms with E-state index in [1.807, 2.05) is 0 Å². The molecule has 0 spiro atoms. The average molecular weight is 283 g/mol. The number of aliphatic carboxylic acids is 1. The van der Waals surface area contributed by atoms with Crippen molar-refractivity contribution >= 4 is 11.9 Å². The van der Waals surface area contributed by atoms with Crippen molar-refractivity contribution in [2.75, 3.05) is 26.3 Å². The number of carbonyl (C=O) groups excluding carboxylic acids is 1. The van der Waals surface area contributed by atoms with E-state index in [2.05, 4.69) is 0 Å². The van der Waals surface area contributed by atoms with Crippen molar-refractivity contribution in [2.45, 2.75) is 25.9 Å². The summed E-state index contributed by atoms with van der Waals surface area (Å²) >= 11 is 0. The molecule has 1 aliphatic rings. The molecular weight excluding hydrogens is 267 g/mol. The molecule has 1 saturated heterocycles. The predicted octanol–water partition coefficient (Wildman–Crippen LogP) is 1.28. The van der Waals surface area contributed by atoms with E-state index in [0.717, 1.165) is 4.90 Å². The lowest BCUT2D eigenvalue weighted by Gasteiger charge is -2.27. The maximum absolute atomic E-state index is 12.9. The molecule has 1 N–H and O–H groups in total. The van der Waals surface area contributed by atoms with E-state index < -0.39 is 36.4 Å². The van der Waals surface area contributed by atoms with Gasteiger partial charge in [-0.3, -0.25) is 9.59 Å². The van der Waals surface area contributed by atoms with Gasteiger partial charge in [-0.25, -0.2) is 0 Å². The second-order valence-corrected chi connectivity index (χ2v) is 4.40. The highest BCUT2D eigenvalue weighted by atomic mass is 19.4. The topological polar surface area (TPSA) is 66.8 Å². The van der Waals surface area contributed by atoms with E-state index in [9.17, 15) is 22.8 Å². The molecule has 5 nitrogen and oxygen atoms in total. The largest absolute Gasteiger partial charge is 0.481 e. The van der Waals surface area contributed by atoms with Crippen LogP contribution in [-0.2, 0) is 14.3 Å². The molecule has 1 rings (SSSR count). The Hall–Kier alpha value is -1.31. The van der Waals surface area contributed by atoms with Crippen LogP contribution in [0.2, 0.25) is 0 Å². The Balaban J connectivity index is 2.70. The molecule has 0 aromatic carbocycles. The molecule has 1 atom stereocenters. The van der Waals surface area contributed by atoms with Crippen LogP contribution in [0.1, 0.15) is 19.8 Å². The fourth-order valence-electron chi connectivity index (χ4n) is 2.01. The van der Waals surface area contributed by atoms with Gasteiger partial charge in [0.05, 0.1) is 13.0 Å². The zero-order chi connectivity index (χ0) is 14.7. The minimum atomic E-state index is -4.87. The highest BCUT2D eigenvalue weighted by Crippen LogP contribution is 2.45. The van der Waals surface area contributed by atoms with Crippen LogP contribution in [0.5, 0.6) is 0 Å². The summed E-state index contributed by atoms with van der Waals surface area (Å²) in [4.78, 5) is 23.5. The van der Waals surface area contributed by atoms with Gasteiger partial charge in [-0.1, -0.05) is 0 Å². The van der Waals surface area contributed by atoms with Gasteiger partial charge in [-0.2, -0.15) is 13.2 Å². The normalized spacial score (nSPS) is 23.7. The zero-order valence-corrected chi connectivity index (χ0v) is 10.5. The summed E-state index contributed by atoms with van der Waals surface area (Å²) < 4.78 is 43.5. The first kappa shape index (κ1) is 15.7. The third-order valence-electron chi connectivity index (χ3n) is 3.24. The van der Waals surface area contributed by atoms with E-state index in [-0.39, 0.29) is 19.6 Å². The van der Waals surface area contributed by atoms with Gasteiger partial charge in [0.25, 0.3) is 0 Å².